The quantitative estimate of drug-likeness (QED) is 0.723. The molecular weight excluding hydrogens is 172 g/mol. The molecule has 1 rings (SSSR count). The van der Waals surface area contributed by atoms with E-state index < -0.39 is 0 Å². The Morgan fingerprint density at radius 2 is 2.17 bits per heavy atom. The number of para-hydroxylation sites is 1. The summed E-state index contributed by atoms with van der Waals surface area (Å²) in [6.07, 6.45) is 0. The van der Waals surface area contributed by atoms with Gasteiger partial charge in [0.1, 0.15) is 12.4 Å². The van der Waals surface area contributed by atoms with Crippen molar-refractivity contribution in [3.05, 3.63) is 24.3 Å². The zero-order valence-corrected chi connectivity index (χ0v) is 7.67. The first-order chi connectivity index (χ1) is 5.70. The zero-order valence-electron chi connectivity index (χ0n) is 6.78. The molecule has 0 atom stereocenters. The van der Waals surface area contributed by atoms with E-state index in [0.717, 1.165) is 4.90 Å². The molecule has 0 saturated heterocycles. The van der Waals surface area contributed by atoms with Gasteiger partial charge in [-0.2, -0.15) is 0 Å². The highest BCUT2D eigenvalue weighted by atomic mass is 32.1. The minimum Gasteiger partial charge on any atom is -0.485 e. The van der Waals surface area contributed by atoms with Crippen molar-refractivity contribution in [3.8, 4) is 5.75 Å². The van der Waals surface area contributed by atoms with Crippen molar-refractivity contribution in [3.63, 3.8) is 0 Å². The van der Waals surface area contributed by atoms with Gasteiger partial charge in [-0.05, 0) is 19.1 Å². The molecule has 3 heteroatoms. The third-order valence-corrected chi connectivity index (χ3v) is 1.67. The Labute approximate surface area is 77.0 Å². The summed E-state index contributed by atoms with van der Waals surface area (Å²) < 4.78 is 5.17. The second-order valence-corrected chi connectivity index (χ2v) is 2.94. The van der Waals surface area contributed by atoms with E-state index in [-0.39, 0.29) is 12.4 Å². The molecule has 0 heterocycles. The van der Waals surface area contributed by atoms with Gasteiger partial charge in [0.25, 0.3) is 0 Å². The highest BCUT2D eigenvalue weighted by molar-refractivity contribution is 7.80. The van der Waals surface area contributed by atoms with Crippen molar-refractivity contribution in [1.29, 1.82) is 0 Å². The van der Waals surface area contributed by atoms with Gasteiger partial charge in [0, 0.05) is 4.90 Å². The fraction of sp³-hybridized carbons (Fsp3) is 0.222. The number of carbonyl (C=O) groups is 1. The molecule has 1 aromatic rings. The van der Waals surface area contributed by atoms with Crippen LogP contribution in [0.1, 0.15) is 6.92 Å². The number of ether oxygens (including phenoxy) is 1. The first kappa shape index (κ1) is 9.13. The smallest absolute Gasteiger partial charge is 0.167 e. The number of ketones is 1. The van der Waals surface area contributed by atoms with E-state index in [1.807, 2.05) is 18.2 Å². The van der Waals surface area contributed by atoms with Crippen LogP contribution in [-0.4, -0.2) is 12.4 Å². The molecule has 0 saturated carbocycles. The molecule has 0 N–H and O–H groups in total. The molecule has 0 aliphatic heterocycles. The van der Waals surface area contributed by atoms with Crippen LogP contribution in [0.25, 0.3) is 0 Å². The number of rotatable bonds is 3. The molecule has 0 radical (unpaired) electrons. The third kappa shape index (κ3) is 2.58. The fourth-order valence-corrected chi connectivity index (χ4v) is 0.984. The van der Waals surface area contributed by atoms with Crippen molar-refractivity contribution in [2.24, 2.45) is 0 Å². The van der Waals surface area contributed by atoms with Gasteiger partial charge in [0.2, 0.25) is 0 Å². The Hall–Kier alpha value is -0.960. The maximum absolute atomic E-state index is 10.6. The predicted octanol–water partition coefficient (Wildman–Crippen LogP) is 1.94. The number of thiol groups is 1. The molecule has 1 aromatic carbocycles. The normalized spacial score (nSPS) is 9.50. The third-order valence-electron chi connectivity index (χ3n) is 1.30. The summed E-state index contributed by atoms with van der Waals surface area (Å²) in [5.74, 6) is 0.655. The van der Waals surface area contributed by atoms with E-state index in [4.69, 9.17) is 4.74 Å². The highest BCUT2D eigenvalue weighted by Crippen LogP contribution is 2.20. The Bertz CT molecular complexity index is 284. The van der Waals surface area contributed by atoms with Crippen molar-refractivity contribution in [1.82, 2.24) is 0 Å². The van der Waals surface area contributed by atoms with E-state index in [1.165, 1.54) is 6.92 Å². The molecule has 12 heavy (non-hydrogen) atoms. The number of hydrogen-bond donors (Lipinski definition) is 1. The lowest BCUT2D eigenvalue weighted by atomic mass is 10.3. The monoisotopic (exact) mass is 182 g/mol. The van der Waals surface area contributed by atoms with Crippen molar-refractivity contribution in [2.75, 3.05) is 6.61 Å². The highest BCUT2D eigenvalue weighted by Gasteiger charge is 1.99. The van der Waals surface area contributed by atoms with Gasteiger partial charge in [-0.15, -0.1) is 12.6 Å². The molecule has 0 unspecified atom stereocenters. The summed E-state index contributed by atoms with van der Waals surface area (Å²) in [5, 5.41) is 0. The van der Waals surface area contributed by atoms with Crippen molar-refractivity contribution >= 4 is 18.4 Å². The van der Waals surface area contributed by atoms with Gasteiger partial charge in [0.15, 0.2) is 5.78 Å². The summed E-state index contributed by atoms with van der Waals surface area (Å²) in [7, 11) is 0. The maximum atomic E-state index is 10.6. The molecule has 64 valence electrons. The van der Waals surface area contributed by atoms with Gasteiger partial charge < -0.3 is 4.74 Å². The summed E-state index contributed by atoms with van der Waals surface area (Å²) in [5.41, 5.74) is 0. The summed E-state index contributed by atoms with van der Waals surface area (Å²) in [4.78, 5) is 11.3. The van der Waals surface area contributed by atoms with E-state index in [2.05, 4.69) is 12.6 Å². The first-order valence-electron chi connectivity index (χ1n) is 3.60. The SMILES string of the molecule is CC(=O)COc1ccccc1S. The van der Waals surface area contributed by atoms with Crippen LogP contribution in [0.3, 0.4) is 0 Å². The van der Waals surface area contributed by atoms with Crippen molar-refractivity contribution < 1.29 is 9.53 Å². The summed E-state index contributed by atoms with van der Waals surface area (Å²) >= 11 is 4.16. The van der Waals surface area contributed by atoms with Crippen molar-refractivity contribution in [2.45, 2.75) is 11.8 Å². The van der Waals surface area contributed by atoms with E-state index in [0.29, 0.717) is 5.75 Å². The zero-order chi connectivity index (χ0) is 8.97. The summed E-state index contributed by atoms with van der Waals surface area (Å²) in [6, 6.07) is 7.31. The minimum atomic E-state index is 0.00610. The number of benzene rings is 1. The van der Waals surface area contributed by atoms with Crippen LogP contribution in [0, 0.1) is 0 Å². The Kier molecular flexibility index (Phi) is 3.17. The molecule has 0 aliphatic carbocycles. The predicted molar refractivity (Wildman–Crippen MR) is 49.9 cm³/mol. The van der Waals surface area contributed by atoms with E-state index >= 15 is 0 Å². The summed E-state index contributed by atoms with van der Waals surface area (Å²) in [6.45, 7) is 1.60. The average molecular weight is 182 g/mol. The second-order valence-electron chi connectivity index (χ2n) is 2.46. The van der Waals surface area contributed by atoms with Crippen LogP contribution in [0.15, 0.2) is 29.2 Å². The van der Waals surface area contributed by atoms with Crippen LogP contribution < -0.4 is 4.74 Å². The van der Waals surface area contributed by atoms with Gasteiger partial charge in [-0.1, -0.05) is 12.1 Å². The van der Waals surface area contributed by atoms with E-state index in [1.54, 1.807) is 6.07 Å². The minimum absolute atomic E-state index is 0.00610. The molecule has 0 bridgehead atoms. The molecular formula is C9H10O2S. The van der Waals surface area contributed by atoms with Gasteiger partial charge in [-0.25, -0.2) is 0 Å². The first-order valence-corrected chi connectivity index (χ1v) is 4.05. The Morgan fingerprint density at radius 3 is 2.75 bits per heavy atom. The van der Waals surface area contributed by atoms with Crippen LogP contribution >= 0.6 is 12.6 Å². The van der Waals surface area contributed by atoms with Crippen LogP contribution in [0.4, 0.5) is 0 Å². The number of hydrogen-bond acceptors (Lipinski definition) is 3. The van der Waals surface area contributed by atoms with Gasteiger partial charge in [-0.3, -0.25) is 4.79 Å². The molecule has 0 fully saturated rings. The Morgan fingerprint density at radius 1 is 1.50 bits per heavy atom. The topological polar surface area (TPSA) is 26.3 Å². The maximum Gasteiger partial charge on any atom is 0.167 e. The second kappa shape index (κ2) is 4.16. The standard InChI is InChI=1S/C9H10O2S/c1-7(10)6-11-8-4-2-3-5-9(8)12/h2-5,12H,6H2,1H3. The number of Topliss-reactive ketones (excluding diaryl/α,β-unsaturated/α-hetero) is 1. The van der Waals surface area contributed by atoms with Crippen LogP contribution in [0.5, 0.6) is 5.75 Å². The molecule has 0 aromatic heterocycles. The van der Waals surface area contributed by atoms with E-state index in [9.17, 15) is 4.79 Å². The largest absolute Gasteiger partial charge is 0.485 e. The molecule has 0 amide bonds. The Balaban J connectivity index is 2.63. The fourth-order valence-electron chi connectivity index (χ4n) is 0.759. The van der Waals surface area contributed by atoms with Gasteiger partial charge in [0.05, 0.1) is 0 Å². The van der Waals surface area contributed by atoms with Gasteiger partial charge >= 0.3 is 0 Å². The molecule has 0 aliphatic rings. The molecule has 2 nitrogen and oxygen atoms in total. The lowest BCUT2D eigenvalue weighted by Gasteiger charge is -2.05. The lowest BCUT2D eigenvalue weighted by molar-refractivity contribution is -0.118. The number of carbonyl (C=O) groups excluding carboxylic acids is 1. The average Bonchev–Trinajstić information content (AvgIpc) is 2.03. The molecule has 0 spiro atoms. The lowest BCUT2D eigenvalue weighted by Crippen LogP contribution is -2.06. The van der Waals surface area contributed by atoms with Crippen LogP contribution in [0.2, 0.25) is 0 Å². The van der Waals surface area contributed by atoms with Crippen LogP contribution in [-0.2, 0) is 4.79 Å².